The van der Waals surface area contributed by atoms with Crippen LogP contribution in [0.3, 0.4) is 0 Å². The highest BCUT2D eigenvalue weighted by molar-refractivity contribution is 7.77. The first kappa shape index (κ1) is 21.0. The fraction of sp³-hybridized carbons (Fsp3) is 1.00. The van der Waals surface area contributed by atoms with E-state index in [0.29, 0.717) is 0 Å². The van der Waals surface area contributed by atoms with Gasteiger partial charge in [0.2, 0.25) is 0 Å². The van der Waals surface area contributed by atoms with Crippen LogP contribution in [0.4, 0.5) is 0 Å². The van der Waals surface area contributed by atoms with Gasteiger partial charge in [0.05, 0.1) is 23.1 Å². The van der Waals surface area contributed by atoms with Crippen molar-refractivity contribution in [3.63, 3.8) is 0 Å². The molecule has 142 valence electrons. The van der Waals surface area contributed by atoms with Crippen molar-refractivity contribution in [2.24, 2.45) is 0 Å². The van der Waals surface area contributed by atoms with Crippen LogP contribution < -0.4 is 12.4 Å². The van der Waals surface area contributed by atoms with E-state index in [1.54, 1.807) is 109 Å². The molecule has 0 bridgehead atoms. The summed E-state index contributed by atoms with van der Waals surface area (Å²) in [5.41, 5.74) is 3.61. The standard InChI is InChI=1S/C22H42P.ClH/c1-2-3-19-23(20-13-7-4-8-14-20,21-15-9-5-10-16-21)22-17-11-6-12-18-22;/h20-22H,2-19H2,1H3;1H/q+1;/p-1. The van der Waals surface area contributed by atoms with Gasteiger partial charge in [-0.1, -0.05) is 32.6 Å². The number of hydrogen-bond acceptors (Lipinski definition) is 0. The molecule has 3 fully saturated rings. The third kappa shape index (κ3) is 4.71. The second-order valence-corrected chi connectivity index (χ2v) is 13.6. The van der Waals surface area contributed by atoms with Gasteiger partial charge in [0.25, 0.3) is 0 Å². The fourth-order valence-electron chi connectivity index (χ4n) is 6.56. The van der Waals surface area contributed by atoms with E-state index in [4.69, 9.17) is 0 Å². The summed E-state index contributed by atoms with van der Waals surface area (Å²) in [6.45, 7) is 2.44. The normalized spacial score (nSPS) is 25.4. The fourth-order valence-corrected chi connectivity index (χ4v) is 14.3. The summed E-state index contributed by atoms with van der Waals surface area (Å²) in [5.74, 6) is 0. The van der Waals surface area contributed by atoms with Crippen LogP contribution in [-0.4, -0.2) is 23.1 Å². The Balaban J connectivity index is 0.00000208. The smallest absolute Gasteiger partial charge is 0.0703 e. The summed E-state index contributed by atoms with van der Waals surface area (Å²) in [5, 5.41) is 0. The van der Waals surface area contributed by atoms with Gasteiger partial charge in [-0.05, 0) is 83.5 Å². The highest BCUT2D eigenvalue weighted by Gasteiger charge is 2.56. The Bertz CT molecular complexity index is 279. The van der Waals surface area contributed by atoms with E-state index in [0.717, 1.165) is 0 Å². The predicted octanol–water partition coefficient (Wildman–Crippen LogP) is 4.81. The zero-order valence-corrected chi connectivity index (χ0v) is 17.9. The van der Waals surface area contributed by atoms with Gasteiger partial charge in [0.1, 0.15) is 0 Å². The molecule has 0 atom stereocenters. The predicted molar refractivity (Wildman–Crippen MR) is 107 cm³/mol. The van der Waals surface area contributed by atoms with Crippen molar-refractivity contribution in [3.8, 4) is 0 Å². The Hall–Kier alpha value is 0.720. The number of rotatable bonds is 6. The molecule has 0 spiro atoms. The van der Waals surface area contributed by atoms with Crippen LogP contribution in [0.2, 0.25) is 0 Å². The molecule has 0 unspecified atom stereocenters. The third-order valence-electron chi connectivity index (χ3n) is 7.66. The highest BCUT2D eigenvalue weighted by Crippen LogP contribution is 2.77. The van der Waals surface area contributed by atoms with E-state index in [9.17, 15) is 0 Å². The summed E-state index contributed by atoms with van der Waals surface area (Å²) >= 11 is 0. The zero-order chi connectivity index (χ0) is 16.0. The van der Waals surface area contributed by atoms with Gasteiger partial charge in [-0.25, -0.2) is 0 Å². The van der Waals surface area contributed by atoms with E-state index in [1.165, 1.54) is 23.4 Å². The van der Waals surface area contributed by atoms with Gasteiger partial charge in [-0.3, -0.25) is 0 Å². The molecule has 0 radical (unpaired) electrons. The molecule has 0 aliphatic heterocycles. The maximum Gasteiger partial charge on any atom is 0.0703 e. The van der Waals surface area contributed by atoms with Crippen LogP contribution in [0.5, 0.6) is 0 Å². The molecule has 3 rings (SSSR count). The quantitative estimate of drug-likeness (QED) is 0.587. The SMILES string of the molecule is CCCC[P+](C1CCCCC1)(C1CCCCC1)C1CCCCC1.[Cl-]. The largest absolute Gasteiger partial charge is 1.00 e. The lowest BCUT2D eigenvalue weighted by Crippen LogP contribution is -3.00. The molecule has 0 heterocycles. The summed E-state index contributed by atoms with van der Waals surface area (Å²) in [6, 6.07) is 0. The molecule has 2 heteroatoms. The molecular weight excluding hydrogens is 331 g/mol. The first-order valence-corrected chi connectivity index (χ1v) is 13.4. The van der Waals surface area contributed by atoms with Crippen molar-refractivity contribution < 1.29 is 12.4 Å². The van der Waals surface area contributed by atoms with Crippen molar-refractivity contribution in [2.75, 3.05) is 6.16 Å². The molecular formula is C22H42ClP. The molecule has 0 aromatic heterocycles. The Morgan fingerprint density at radius 1 is 0.583 bits per heavy atom. The summed E-state index contributed by atoms with van der Waals surface area (Å²) in [7, 11) is -0.739. The van der Waals surface area contributed by atoms with Crippen molar-refractivity contribution in [3.05, 3.63) is 0 Å². The molecule has 0 aromatic carbocycles. The van der Waals surface area contributed by atoms with Gasteiger partial charge in [-0.15, -0.1) is 0 Å². The van der Waals surface area contributed by atoms with E-state index < -0.39 is 7.26 Å². The molecule has 0 N–H and O–H groups in total. The molecule has 0 saturated heterocycles. The lowest BCUT2D eigenvalue weighted by molar-refractivity contribution is -0.00000496. The van der Waals surface area contributed by atoms with E-state index in [1.807, 2.05) is 0 Å². The van der Waals surface area contributed by atoms with Gasteiger partial charge >= 0.3 is 0 Å². The van der Waals surface area contributed by atoms with E-state index in [-0.39, 0.29) is 12.4 Å². The maximum atomic E-state index is 2.44. The van der Waals surface area contributed by atoms with Crippen LogP contribution in [0.15, 0.2) is 0 Å². The minimum absolute atomic E-state index is 0. The number of unbranched alkanes of at least 4 members (excludes halogenated alkanes) is 1. The molecule has 24 heavy (non-hydrogen) atoms. The molecule has 0 amide bonds. The average Bonchev–Trinajstić information content (AvgIpc) is 2.65. The van der Waals surface area contributed by atoms with Gasteiger partial charge in [0.15, 0.2) is 0 Å². The third-order valence-corrected chi connectivity index (χ3v) is 14.4. The summed E-state index contributed by atoms with van der Waals surface area (Å²) < 4.78 is 0. The van der Waals surface area contributed by atoms with Crippen molar-refractivity contribution in [1.29, 1.82) is 0 Å². The minimum atomic E-state index is -0.739. The van der Waals surface area contributed by atoms with Gasteiger partial charge in [-0.2, -0.15) is 0 Å². The minimum Gasteiger partial charge on any atom is -1.00 e. The topological polar surface area (TPSA) is 0 Å². The molecule has 0 aromatic rings. The van der Waals surface area contributed by atoms with Crippen LogP contribution in [-0.2, 0) is 0 Å². The maximum absolute atomic E-state index is 2.44. The average molecular weight is 373 g/mol. The van der Waals surface area contributed by atoms with Crippen LogP contribution in [0.25, 0.3) is 0 Å². The Kier molecular flexibility index (Phi) is 9.43. The molecule has 3 saturated carbocycles. The van der Waals surface area contributed by atoms with Crippen molar-refractivity contribution in [2.45, 2.75) is 133 Å². The van der Waals surface area contributed by atoms with Crippen LogP contribution in [0, 0.1) is 0 Å². The zero-order valence-electron chi connectivity index (χ0n) is 16.3. The molecule has 0 nitrogen and oxygen atoms in total. The van der Waals surface area contributed by atoms with Gasteiger partial charge in [0, 0.05) is 7.26 Å². The summed E-state index contributed by atoms with van der Waals surface area (Å²) in [4.78, 5) is 0. The van der Waals surface area contributed by atoms with Crippen molar-refractivity contribution in [1.82, 2.24) is 0 Å². The molecule has 3 aliphatic rings. The number of halogens is 1. The Morgan fingerprint density at radius 2 is 0.917 bits per heavy atom. The number of hydrogen-bond donors (Lipinski definition) is 0. The van der Waals surface area contributed by atoms with Crippen LogP contribution in [0.1, 0.15) is 116 Å². The lowest BCUT2D eigenvalue weighted by Gasteiger charge is -2.49. The summed E-state index contributed by atoms with van der Waals surface area (Å²) in [6.07, 6.45) is 28.5. The first-order chi connectivity index (χ1) is 11.4. The first-order valence-electron chi connectivity index (χ1n) is 11.2. The Labute approximate surface area is 159 Å². The monoisotopic (exact) mass is 372 g/mol. The lowest BCUT2D eigenvalue weighted by atomic mass is 9.99. The second-order valence-electron chi connectivity index (χ2n) is 8.95. The van der Waals surface area contributed by atoms with E-state index >= 15 is 0 Å². The van der Waals surface area contributed by atoms with Crippen molar-refractivity contribution >= 4 is 7.26 Å². The van der Waals surface area contributed by atoms with Crippen LogP contribution >= 0.6 is 7.26 Å². The Morgan fingerprint density at radius 3 is 1.21 bits per heavy atom. The highest BCUT2D eigenvalue weighted by atomic mass is 35.5. The second kappa shape index (κ2) is 10.8. The van der Waals surface area contributed by atoms with Gasteiger partial charge < -0.3 is 12.4 Å². The van der Waals surface area contributed by atoms with E-state index in [2.05, 4.69) is 6.92 Å². The molecule has 3 aliphatic carbocycles.